The zero-order valence-electron chi connectivity index (χ0n) is 8.35. The summed E-state index contributed by atoms with van der Waals surface area (Å²) in [6.07, 6.45) is 2.76. The molecule has 0 N–H and O–H groups in total. The third-order valence-electron chi connectivity index (χ3n) is 2.81. The van der Waals surface area contributed by atoms with E-state index in [9.17, 15) is 0 Å². The lowest BCUT2D eigenvalue weighted by Crippen LogP contribution is -2.39. The van der Waals surface area contributed by atoms with Crippen LogP contribution in [0.1, 0.15) is 40.5 Å². The summed E-state index contributed by atoms with van der Waals surface area (Å²) in [6.45, 7) is 11.9. The van der Waals surface area contributed by atoms with Crippen molar-refractivity contribution in [2.24, 2.45) is 5.92 Å². The Hall–Kier alpha value is -0.0400. The zero-order valence-corrected chi connectivity index (χ0v) is 8.35. The van der Waals surface area contributed by atoms with Gasteiger partial charge in [0.2, 0.25) is 0 Å². The lowest BCUT2D eigenvalue weighted by atomic mass is 10.1. The highest BCUT2D eigenvalue weighted by Gasteiger charge is 2.28. The molecule has 1 heteroatoms. The lowest BCUT2D eigenvalue weighted by Gasteiger charge is -2.31. The number of nitrogens with zero attached hydrogens (tertiary/aromatic N) is 1. The van der Waals surface area contributed by atoms with E-state index >= 15 is 0 Å². The Morgan fingerprint density at radius 2 is 2.00 bits per heavy atom. The van der Waals surface area contributed by atoms with Crippen LogP contribution in [0.4, 0.5) is 0 Å². The van der Waals surface area contributed by atoms with Crippen LogP contribution in [0.2, 0.25) is 0 Å². The highest BCUT2D eigenvalue weighted by Crippen LogP contribution is 2.25. The van der Waals surface area contributed by atoms with Crippen molar-refractivity contribution in [3.05, 3.63) is 0 Å². The molecule has 1 aliphatic heterocycles. The molecule has 0 amide bonds. The van der Waals surface area contributed by atoms with Gasteiger partial charge in [0.25, 0.3) is 0 Å². The van der Waals surface area contributed by atoms with Crippen LogP contribution in [0.3, 0.4) is 0 Å². The van der Waals surface area contributed by atoms with Gasteiger partial charge in [-0.05, 0) is 39.7 Å². The van der Waals surface area contributed by atoms with Crippen LogP contribution in [0.25, 0.3) is 0 Å². The van der Waals surface area contributed by atoms with Gasteiger partial charge in [0, 0.05) is 12.1 Å². The van der Waals surface area contributed by atoms with Crippen LogP contribution in [-0.2, 0) is 0 Å². The summed E-state index contributed by atoms with van der Waals surface area (Å²) in [5.41, 5.74) is 0.393. The molecule has 0 saturated carbocycles. The fraction of sp³-hybridized carbons (Fsp3) is 1.00. The molecule has 1 atom stereocenters. The predicted octanol–water partition coefficient (Wildman–Crippen LogP) is 2.52. The summed E-state index contributed by atoms with van der Waals surface area (Å²) in [5, 5.41) is 0. The smallest absolute Gasteiger partial charge is 0.0125 e. The van der Waals surface area contributed by atoms with Crippen LogP contribution >= 0.6 is 0 Å². The van der Waals surface area contributed by atoms with E-state index in [-0.39, 0.29) is 0 Å². The Balaban J connectivity index is 2.42. The fourth-order valence-electron chi connectivity index (χ4n) is 1.78. The first kappa shape index (κ1) is 9.05. The Labute approximate surface area is 70.8 Å². The van der Waals surface area contributed by atoms with E-state index in [0.717, 1.165) is 5.92 Å². The van der Waals surface area contributed by atoms with Gasteiger partial charge in [-0.2, -0.15) is 0 Å². The molecule has 1 fully saturated rings. The summed E-state index contributed by atoms with van der Waals surface area (Å²) in [7, 11) is 0. The van der Waals surface area contributed by atoms with Crippen molar-refractivity contribution in [2.75, 3.05) is 13.1 Å². The minimum Gasteiger partial charge on any atom is -0.298 e. The molecule has 1 rings (SSSR count). The molecule has 0 spiro atoms. The van der Waals surface area contributed by atoms with Crippen LogP contribution in [0.5, 0.6) is 0 Å². The zero-order chi connectivity index (χ0) is 8.48. The predicted molar refractivity (Wildman–Crippen MR) is 49.7 cm³/mol. The van der Waals surface area contributed by atoms with Gasteiger partial charge in [-0.1, -0.05) is 13.3 Å². The first-order valence-electron chi connectivity index (χ1n) is 4.79. The SMILES string of the molecule is CCC1CCN(C(C)(C)C)C1. The maximum atomic E-state index is 2.60. The maximum Gasteiger partial charge on any atom is 0.0125 e. The normalized spacial score (nSPS) is 27.8. The second-order valence-electron chi connectivity index (χ2n) is 4.68. The Morgan fingerprint density at radius 3 is 2.27 bits per heavy atom. The van der Waals surface area contributed by atoms with E-state index in [1.165, 1.54) is 25.9 Å². The van der Waals surface area contributed by atoms with Gasteiger partial charge in [0.1, 0.15) is 0 Å². The third kappa shape index (κ3) is 2.19. The molecule has 1 aliphatic rings. The molecule has 0 aromatic heterocycles. The number of likely N-dealkylation sites (tertiary alicyclic amines) is 1. The van der Waals surface area contributed by atoms with Gasteiger partial charge >= 0.3 is 0 Å². The average molecular weight is 155 g/mol. The topological polar surface area (TPSA) is 3.24 Å². The minimum atomic E-state index is 0.393. The van der Waals surface area contributed by atoms with Crippen molar-refractivity contribution in [1.29, 1.82) is 0 Å². The van der Waals surface area contributed by atoms with Gasteiger partial charge in [-0.3, -0.25) is 4.90 Å². The molecule has 0 radical (unpaired) electrons. The van der Waals surface area contributed by atoms with Gasteiger partial charge in [-0.25, -0.2) is 0 Å². The number of hydrogen-bond acceptors (Lipinski definition) is 1. The van der Waals surface area contributed by atoms with Gasteiger partial charge in [0.05, 0.1) is 0 Å². The summed E-state index contributed by atoms with van der Waals surface area (Å²) >= 11 is 0. The summed E-state index contributed by atoms with van der Waals surface area (Å²) in [5.74, 6) is 0.967. The van der Waals surface area contributed by atoms with E-state index in [1.54, 1.807) is 0 Å². The van der Waals surface area contributed by atoms with Crippen molar-refractivity contribution in [2.45, 2.75) is 46.1 Å². The van der Waals surface area contributed by atoms with Crippen LogP contribution in [0.15, 0.2) is 0 Å². The maximum absolute atomic E-state index is 2.60. The Kier molecular flexibility index (Phi) is 2.58. The quantitative estimate of drug-likeness (QED) is 0.562. The molecule has 1 saturated heterocycles. The van der Waals surface area contributed by atoms with Gasteiger partial charge in [0.15, 0.2) is 0 Å². The monoisotopic (exact) mass is 155 g/mol. The van der Waals surface area contributed by atoms with Crippen molar-refractivity contribution in [3.8, 4) is 0 Å². The van der Waals surface area contributed by atoms with Crippen LogP contribution < -0.4 is 0 Å². The first-order chi connectivity index (χ1) is 5.04. The van der Waals surface area contributed by atoms with E-state index in [1.807, 2.05) is 0 Å². The summed E-state index contributed by atoms with van der Waals surface area (Å²) in [4.78, 5) is 2.60. The summed E-state index contributed by atoms with van der Waals surface area (Å²) in [6, 6.07) is 0. The van der Waals surface area contributed by atoms with E-state index in [4.69, 9.17) is 0 Å². The molecule has 0 aliphatic carbocycles. The second-order valence-corrected chi connectivity index (χ2v) is 4.68. The molecule has 11 heavy (non-hydrogen) atoms. The highest BCUT2D eigenvalue weighted by molar-refractivity contribution is 4.83. The van der Waals surface area contributed by atoms with E-state index in [2.05, 4.69) is 32.6 Å². The largest absolute Gasteiger partial charge is 0.298 e. The first-order valence-corrected chi connectivity index (χ1v) is 4.79. The molecule has 0 bridgehead atoms. The molecular weight excluding hydrogens is 134 g/mol. The summed E-state index contributed by atoms with van der Waals surface area (Å²) < 4.78 is 0. The second kappa shape index (κ2) is 3.14. The van der Waals surface area contributed by atoms with Crippen LogP contribution in [0, 0.1) is 5.92 Å². The van der Waals surface area contributed by atoms with Crippen LogP contribution in [-0.4, -0.2) is 23.5 Å². The van der Waals surface area contributed by atoms with Gasteiger partial charge < -0.3 is 0 Å². The molecule has 1 nitrogen and oxygen atoms in total. The van der Waals surface area contributed by atoms with Crippen molar-refractivity contribution in [3.63, 3.8) is 0 Å². The fourth-order valence-corrected chi connectivity index (χ4v) is 1.78. The Morgan fingerprint density at radius 1 is 1.36 bits per heavy atom. The lowest BCUT2D eigenvalue weighted by molar-refractivity contribution is 0.168. The van der Waals surface area contributed by atoms with Gasteiger partial charge in [-0.15, -0.1) is 0 Å². The van der Waals surface area contributed by atoms with Crippen molar-refractivity contribution < 1.29 is 0 Å². The molecular formula is C10H21N. The molecule has 1 unspecified atom stereocenters. The average Bonchev–Trinajstić information content (AvgIpc) is 2.32. The van der Waals surface area contributed by atoms with E-state index < -0.39 is 0 Å². The number of hydrogen-bond donors (Lipinski definition) is 0. The Bertz CT molecular complexity index is 123. The highest BCUT2D eigenvalue weighted by atomic mass is 15.2. The van der Waals surface area contributed by atoms with Crippen molar-refractivity contribution >= 4 is 0 Å². The molecule has 0 aromatic carbocycles. The number of rotatable bonds is 1. The third-order valence-corrected chi connectivity index (χ3v) is 2.81. The molecule has 0 aromatic rings. The molecule has 66 valence electrons. The van der Waals surface area contributed by atoms with Crippen molar-refractivity contribution in [1.82, 2.24) is 4.90 Å². The minimum absolute atomic E-state index is 0.393. The molecule has 1 heterocycles. The standard InChI is InChI=1S/C10H21N/c1-5-9-6-7-11(8-9)10(2,3)4/h9H,5-8H2,1-4H3. The van der Waals surface area contributed by atoms with E-state index in [0.29, 0.717) is 5.54 Å².